The quantitative estimate of drug-likeness (QED) is 0.339. The van der Waals surface area contributed by atoms with E-state index in [0.29, 0.717) is 5.02 Å². The van der Waals surface area contributed by atoms with Crippen LogP contribution in [0.15, 0.2) is 83.8 Å². The summed E-state index contributed by atoms with van der Waals surface area (Å²) in [5.41, 5.74) is 2.80. The molecule has 0 heterocycles. The molecule has 9 heteroatoms. The lowest BCUT2D eigenvalue weighted by molar-refractivity contribution is -0.141. The van der Waals surface area contributed by atoms with Crippen LogP contribution in [0.3, 0.4) is 0 Å². The Balaban J connectivity index is 1.97. The Kier molecular flexibility index (Phi) is 10.7. The first kappa shape index (κ1) is 30.3. The lowest BCUT2D eigenvalue weighted by atomic mass is 10.0. The Morgan fingerprint density at radius 3 is 2.13 bits per heavy atom. The zero-order valence-electron chi connectivity index (χ0n) is 22.8. The first-order valence-electron chi connectivity index (χ1n) is 12.9. The number of halogens is 1. The zero-order valence-corrected chi connectivity index (χ0v) is 24.4. The topological polar surface area (TPSA) is 86.8 Å². The number of carbonyl (C=O) groups excluding carboxylic acids is 2. The van der Waals surface area contributed by atoms with Gasteiger partial charge in [-0.05, 0) is 55.7 Å². The number of nitrogens with one attached hydrogen (secondary N) is 1. The van der Waals surface area contributed by atoms with Crippen molar-refractivity contribution in [3.63, 3.8) is 0 Å². The van der Waals surface area contributed by atoms with Crippen molar-refractivity contribution >= 4 is 33.4 Å². The first-order valence-corrected chi connectivity index (χ1v) is 14.7. The molecule has 0 unspecified atom stereocenters. The van der Waals surface area contributed by atoms with Crippen molar-refractivity contribution in [3.8, 4) is 0 Å². The molecule has 3 rings (SSSR count). The molecule has 0 aliphatic rings. The van der Waals surface area contributed by atoms with Gasteiger partial charge in [0.05, 0.1) is 11.4 Å². The van der Waals surface area contributed by atoms with E-state index in [0.717, 1.165) is 27.4 Å². The molecular weight excluding hydrogens is 534 g/mol. The van der Waals surface area contributed by atoms with Gasteiger partial charge in [-0.2, -0.15) is 4.31 Å². The smallest absolute Gasteiger partial charge is 0.243 e. The van der Waals surface area contributed by atoms with Crippen LogP contribution >= 0.6 is 11.6 Å². The number of hydrogen-bond donors (Lipinski definition) is 1. The second-order valence-corrected chi connectivity index (χ2v) is 12.2. The third-order valence-electron chi connectivity index (χ3n) is 6.63. The fourth-order valence-corrected chi connectivity index (χ4v) is 5.28. The standard InChI is InChI=1S/C30H36ClN3O4S/c1-5-23(3)32-30(36)28(19-24-9-7-6-8-10-24)34(20-25-13-11-22(2)12-14-25)29(35)21-33(4)39(37,38)27-17-15-26(31)16-18-27/h6-18,23,28H,5,19-21H2,1-4H3,(H,32,36)/t23-,28+/m0/s1. The van der Waals surface area contributed by atoms with E-state index in [4.69, 9.17) is 11.6 Å². The predicted molar refractivity (Wildman–Crippen MR) is 155 cm³/mol. The van der Waals surface area contributed by atoms with Gasteiger partial charge in [0, 0.05) is 31.1 Å². The summed E-state index contributed by atoms with van der Waals surface area (Å²) in [4.78, 5) is 29.0. The first-order chi connectivity index (χ1) is 18.5. The van der Waals surface area contributed by atoms with E-state index < -0.39 is 28.5 Å². The summed E-state index contributed by atoms with van der Waals surface area (Å²) in [6.45, 7) is 5.58. The van der Waals surface area contributed by atoms with Gasteiger partial charge < -0.3 is 10.2 Å². The van der Waals surface area contributed by atoms with Gasteiger partial charge in [-0.3, -0.25) is 9.59 Å². The van der Waals surface area contributed by atoms with E-state index in [1.165, 1.54) is 36.2 Å². The van der Waals surface area contributed by atoms with Crippen molar-refractivity contribution in [1.29, 1.82) is 0 Å². The molecule has 0 aliphatic heterocycles. The highest BCUT2D eigenvalue weighted by atomic mass is 35.5. The number of rotatable bonds is 12. The summed E-state index contributed by atoms with van der Waals surface area (Å²) in [6.07, 6.45) is 1.02. The number of nitrogens with zero attached hydrogens (tertiary/aromatic N) is 2. The van der Waals surface area contributed by atoms with Crippen molar-refractivity contribution in [2.24, 2.45) is 0 Å². The van der Waals surface area contributed by atoms with Crippen molar-refractivity contribution < 1.29 is 18.0 Å². The van der Waals surface area contributed by atoms with Crippen LogP contribution < -0.4 is 5.32 Å². The molecule has 0 fully saturated rings. The minimum Gasteiger partial charge on any atom is -0.352 e. The van der Waals surface area contributed by atoms with Gasteiger partial charge in [0.1, 0.15) is 6.04 Å². The molecule has 0 saturated carbocycles. The largest absolute Gasteiger partial charge is 0.352 e. The summed E-state index contributed by atoms with van der Waals surface area (Å²) in [5.74, 6) is -0.757. The van der Waals surface area contributed by atoms with Crippen LogP contribution in [0.5, 0.6) is 0 Å². The fraction of sp³-hybridized carbons (Fsp3) is 0.333. The van der Waals surface area contributed by atoms with E-state index in [2.05, 4.69) is 5.32 Å². The van der Waals surface area contributed by atoms with Gasteiger partial charge in [-0.1, -0.05) is 78.7 Å². The summed E-state index contributed by atoms with van der Waals surface area (Å²) < 4.78 is 27.4. The molecule has 208 valence electrons. The Bertz CT molecular complexity index is 1350. The Morgan fingerprint density at radius 1 is 0.923 bits per heavy atom. The Hall–Kier alpha value is -3.20. The molecule has 7 nitrogen and oxygen atoms in total. The highest BCUT2D eigenvalue weighted by molar-refractivity contribution is 7.89. The van der Waals surface area contributed by atoms with Crippen LogP contribution in [0, 0.1) is 6.92 Å². The van der Waals surface area contributed by atoms with E-state index >= 15 is 0 Å². The highest BCUT2D eigenvalue weighted by Crippen LogP contribution is 2.20. The maximum absolute atomic E-state index is 13.9. The lowest BCUT2D eigenvalue weighted by Gasteiger charge is -2.33. The molecule has 0 bridgehead atoms. The van der Waals surface area contributed by atoms with Crippen molar-refractivity contribution in [2.45, 2.75) is 57.1 Å². The van der Waals surface area contributed by atoms with Gasteiger partial charge in [0.25, 0.3) is 0 Å². The molecule has 1 N–H and O–H groups in total. The van der Waals surface area contributed by atoms with E-state index in [9.17, 15) is 18.0 Å². The number of carbonyl (C=O) groups is 2. The third kappa shape index (κ3) is 8.39. The normalized spacial score (nSPS) is 13.1. The lowest BCUT2D eigenvalue weighted by Crippen LogP contribution is -2.54. The van der Waals surface area contributed by atoms with E-state index in [1.54, 1.807) is 0 Å². The average molecular weight is 570 g/mol. The molecule has 0 aliphatic carbocycles. The summed E-state index contributed by atoms with van der Waals surface area (Å²) in [5, 5.41) is 3.43. The fourth-order valence-electron chi connectivity index (χ4n) is 4.04. The summed E-state index contributed by atoms with van der Waals surface area (Å²) in [7, 11) is -2.61. The highest BCUT2D eigenvalue weighted by Gasteiger charge is 2.33. The van der Waals surface area contributed by atoms with E-state index in [-0.39, 0.29) is 29.8 Å². The number of likely N-dealkylation sites (N-methyl/N-ethyl adjacent to an activating group) is 1. The van der Waals surface area contributed by atoms with Gasteiger partial charge >= 0.3 is 0 Å². The van der Waals surface area contributed by atoms with Crippen LogP contribution in [0.25, 0.3) is 0 Å². The SMILES string of the molecule is CC[C@H](C)NC(=O)[C@@H](Cc1ccccc1)N(Cc1ccc(C)cc1)C(=O)CN(C)S(=O)(=O)c1ccc(Cl)cc1. The molecule has 0 aromatic heterocycles. The number of benzene rings is 3. The van der Waals surface area contributed by atoms with Crippen LogP contribution in [0.2, 0.25) is 5.02 Å². The molecule has 39 heavy (non-hydrogen) atoms. The van der Waals surface area contributed by atoms with Crippen LogP contribution in [0.1, 0.15) is 37.0 Å². The minimum atomic E-state index is -3.96. The molecule has 0 spiro atoms. The van der Waals surface area contributed by atoms with Crippen molar-refractivity contribution in [3.05, 3.63) is 101 Å². The van der Waals surface area contributed by atoms with Gasteiger partial charge in [-0.15, -0.1) is 0 Å². The Morgan fingerprint density at radius 2 is 1.54 bits per heavy atom. The molecular formula is C30H36ClN3O4S. The number of amides is 2. The van der Waals surface area contributed by atoms with Gasteiger partial charge in [-0.25, -0.2) is 8.42 Å². The second kappa shape index (κ2) is 13.7. The summed E-state index contributed by atoms with van der Waals surface area (Å²) in [6, 6.07) is 22.1. The number of aryl methyl sites for hydroxylation is 1. The summed E-state index contributed by atoms with van der Waals surface area (Å²) >= 11 is 5.92. The van der Waals surface area contributed by atoms with Crippen molar-refractivity contribution in [2.75, 3.05) is 13.6 Å². The van der Waals surface area contributed by atoms with Crippen molar-refractivity contribution in [1.82, 2.24) is 14.5 Å². The third-order valence-corrected chi connectivity index (χ3v) is 8.69. The number of hydrogen-bond acceptors (Lipinski definition) is 4. The molecule has 0 radical (unpaired) electrons. The number of sulfonamides is 1. The van der Waals surface area contributed by atoms with Gasteiger partial charge in [0.15, 0.2) is 0 Å². The van der Waals surface area contributed by atoms with Crippen LogP contribution in [-0.4, -0.2) is 55.1 Å². The van der Waals surface area contributed by atoms with Crippen LogP contribution in [0.4, 0.5) is 0 Å². The zero-order chi connectivity index (χ0) is 28.6. The minimum absolute atomic E-state index is 0.0302. The predicted octanol–water partition coefficient (Wildman–Crippen LogP) is 4.82. The Labute approximate surface area is 236 Å². The maximum atomic E-state index is 13.9. The molecule has 2 amide bonds. The molecule has 0 saturated heterocycles. The van der Waals surface area contributed by atoms with Crippen LogP contribution in [-0.2, 0) is 32.6 Å². The second-order valence-electron chi connectivity index (χ2n) is 9.75. The molecule has 2 atom stereocenters. The van der Waals surface area contributed by atoms with E-state index in [1.807, 2.05) is 75.4 Å². The molecule has 3 aromatic rings. The van der Waals surface area contributed by atoms with Gasteiger partial charge in [0.2, 0.25) is 21.8 Å². The maximum Gasteiger partial charge on any atom is 0.243 e. The average Bonchev–Trinajstić information content (AvgIpc) is 2.92. The molecule has 3 aromatic carbocycles. The monoisotopic (exact) mass is 569 g/mol.